The molecule has 2 aliphatic rings. The van der Waals surface area contributed by atoms with Crippen molar-refractivity contribution in [3.05, 3.63) is 0 Å². The molecule has 0 radical (unpaired) electrons. The van der Waals surface area contributed by atoms with Gasteiger partial charge in [0.25, 0.3) is 0 Å². The average Bonchev–Trinajstić information content (AvgIpc) is 3.29. The van der Waals surface area contributed by atoms with Crippen molar-refractivity contribution < 1.29 is 23.7 Å². The Hall–Kier alpha value is -0.810. The fourth-order valence-corrected chi connectivity index (χ4v) is 3.26. The Kier molecular flexibility index (Phi) is 8.33. The lowest BCUT2D eigenvalue weighted by Gasteiger charge is -2.21. The van der Waals surface area contributed by atoms with Crippen molar-refractivity contribution in [3.63, 3.8) is 0 Å². The van der Waals surface area contributed by atoms with Gasteiger partial charge >= 0.3 is 6.16 Å². The number of unbranched alkanes of at least 4 members (excludes halogenated alkanes) is 3. The zero-order valence-corrected chi connectivity index (χ0v) is 15.4. The maximum atomic E-state index is 11.5. The van der Waals surface area contributed by atoms with E-state index in [4.69, 9.17) is 18.9 Å². The average molecular weight is 342 g/mol. The molecule has 0 bridgehead atoms. The molecule has 0 aromatic rings. The fraction of sp³-hybridized carbons (Fsp3) is 0.947. The Labute approximate surface area is 146 Å². The molecule has 5 heteroatoms. The van der Waals surface area contributed by atoms with Gasteiger partial charge in [-0.1, -0.05) is 32.1 Å². The third-order valence-corrected chi connectivity index (χ3v) is 4.74. The van der Waals surface area contributed by atoms with Crippen molar-refractivity contribution in [2.45, 2.75) is 89.9 Å². The molecule has 0 aromatic heterocycles. The summed E-state index contributed by atoms with van der Waals surface area (Å²) in [6.45, 7) is 5.92. The highest BCUT2D eigenvalue weighted by molar-refractivity contribution is 5.60. The normalized spacial score (nSPS) is 24.1. The second kappa shape index (κ2) is 10.2. The summed E-state index contributed by atoms with van der Waals surface area (Å²) in [5.41, 5.74) is 0. The van der Waals surface area contributed by atoms with Gasteiger partial charge in [0.2, 0.25) is 5.79 Å². The molecular weight excluding hydrogens is 308 g/mol. The van der Waals surface area contributed by atoms with Gasteiger partial charge in [-0.2, -0.15) is 0 Å². The molecule has 1 aliphatic heterocycles. The predicted octanol–water partition coefficient (Wildman–Crippen LogP) is 4.82. The largest absolute Gasteiger partial charge is 0.511 e. The first-order valence-electron chi connectivity index (χ1n) is 9.71. The molecule has 1 atom stereocenters. The first-order chi connectivity index (χ1) is 11.6. The highest BCUT2D eigenvalue weighted by Gasteiger charge is 2.49. The molecule has 0 N–H and O–H groups in total. The van der Waals surface area contributed by atoms with Crippen LogP contribution in [-0.4, -0.2) is 37.9 Å². The van der Waals surface area contributed by atoms with Crippen LogP contribution < -0.4 is 0 Å². The monoisotopic (exact) mass is 342 g/mol. The van der Waals surface area contributed by atoms with Gasteiger partial charge < -0.3 is 18.9 Å². The van der Waals surface area contributed by atoms with E-state index < -0.39 is 11.9 Å². The number of epoxide rings is 1. The highest BCUT2D eigenvalue weighted by atomic mass is 16.9. The summed E-state index contributed by atoms with van der Waals surface area (Å²) in [7, 11) is 0. The zero-order chi connectivity index (χ0) is 17.3. The van der Waals surface area contributed by atoms with Gasteiger partial charge in [0.1, 0.15) is 6.61 Å². The maximum absolute atomic E-state index is 11.5. The van der Waals surface area contributed by atoms with Crippen LogP contribution in [0.25, 0.3) is 0 Å². The van der Waals surface area contributed by atoms with Crippen LogP contribution >= 0.6 is 0 Å². The minimum atomic E-state index is -0.705. The topological polar surface area (TPSA) is 57.3 Å². The fourth-order valence-electron chi connectivity index (χ4n) is 3.26. The van der Waals surface area contributed by atoms with E-state index in [-0.39, 0.29) is 6.10 Å². The van der Waals surface area contributed by atoms with Gasteiger partial charge in [-0.05, 0) is 45.4 Å². The molecule has 24 heavy (non-hydrogen) atoms. The number of carbonyl (C=O) groups is 1. The smallest absolute Gasteiger partial charge is 0.432 e. The van der Waals surface area contributed by atoms with Crippen molar-refractivity contribution in [2.75, 3.05) is 19.8 Å². The summed E-state index contributed by atoms with van der Waals surface area (Å²) in [6.07, 6.45) is 11.2. The zero-order valence-electron chi connectivity index (χ0n) is 15.4. The second-order valence-electron chi connectivity index (χ2n) is 7.46. The van der Waals surface area contributed by atoms with Gasteiger partial charge in [0.05, 0.1) is 6.10 Å². The molecular formula is C19H34O5. The van der Waals surface area contributed by atoms with Crippen molar-refractivity contribution >= 4 is 6.16 Å². The van der Waals surface area contributed by atoms with Gasteiger partial charge in [0.15, 0.2) is 0 Å². The molecule has 1 saturated heterocycles. The number of ether oxygens (including phenoxy) is 4. The summed E-state index contributed by atoms with van der Waals surface area (Å²) in [4.78, 5) is 11.5. The van der Waals surface area contributed by atoms with Crippen LogP contribution in [-0.2, 0) is 18.9 Å². The Bertz CT molecular complexity index is 359. The van der Waals surface area contributed by atoms with Gasteiger partial charge in [0, 0.05) is 19.6 Å². The third kappa shape index (κ3) is 7.84. The molecule has 1 unspecified atom stereocenters. The molecule has 0 amide bonds. The van der Waals surface area contributed by atoms with E-state index in [1.807, 2.05) is 0 Å². The Balaban J connectivity index is 1.41. The van der Waals surface area contributed by atoms with Crippen LogP contribution in [0, 0.1) is 5.92 Å². The van der Waals surface area contributed by atoms with Crippen molar-refractivity contribution in [3.8, 4) is 0 Å². The summed E-state index contributed by atoms with van der Waals surface area (Å²) in [5.74, 6) is 0.0945. The molecule has 5 nitrogen and oxygen atoms in total. The van der Waals surface area contributed by atoms with Crippen LogP contribution in [0.3, 0.4) is 0 Å². The van der Waals surface area contributed by atoms with Crippen molar-refractivity contribution in [2.24, 2.45) is 5.92 Å². The van der Waals surface area contributed by atoms with Crippen LogP contribution in [0.2, 0.25) is 0 Å². The van der Waals surface area contributed by atoms with Crippen LogP contribution in [0.4, 0.5) is 4.79 Å². The minimum Gasteiger partial charge on any atom is -0.432 e. The van der Waals surface area contributed by atoms with E-state index in [9.17, 15) is 4.79 Å². The molecule has 0 spiro atoms. The van der Waals surface area contributed by atoms with Crippen LogP contribution in [0.1, 0.15) is 78.1 Å². The molecule has 2 fully saturated rings. The van der Waals surface area contributed by atoms with Crippen LogP contribution in [0.15, 0.2) is 0 Å². The van der Waals surface area contributed by atoms with E-state index in [0.29, 0.717) is 6.61 Å². The molecule has 1 saturated carbocycles. The number of hydrogen-bond donors (Lipinski definition) is 0. The van der Waals surface area contributed by atoms with E-state index in [0.717, 1.165) is 51.2 Å². The Morgan fingerprint density at radius 1 is 1.12 bits per heavy atom. The Morgan fingerprint density at radius 2 is 1.83 bits per heavy atom. The Morgan fingerprint density at radius 3 is 2.50 bits per heavy atom. The summed E-state index contributed by atoms with van der Waals surface area (Å²) in [5, 5.41) is 0. The highest BCUT2D eigenvalue weighted by Crippen LogP contribution is 2.35. The number of hydrogen-bond acceptors (Lipinski definition) is 5. The second-order valence-corrected chi connectivity index (χ2v) is 7.46. The molecule has 2 rings (SSSR count). The summed E-state index contributed by atoms with van der Waals surface area (Å²) in [6, 6.07) is 0. The summed E-state index contributed by atoms with van der Waals surface area (Å²) < 4.78 is 21.4. The minimum absolute atomic E-state index is 0.165. The maximum Gasteiger partial charge on any atom is 0.511 e. The van der Waals surface area contributed by atoms with Gasteiger partial charge in [-0.3, -0.25) is 0 Å². The van der Waals surface area contributed by atoms with Gasteiger partial charge in [-0.25, -0.2) is 4.79 Å². The van der Waals surface area contributed by atoms with E-state index >= 15 is 0 Å². The lowest BCUT2D eigenvalue weighted by atomic mass is 9.90. The van der Waals surface area contributed by atoms with E-state index in [2.05, 4.69) is 0 Å². The molecule has 140 valence electrons. The third-order valence-electron chi connectivity index (χ3n) is 4.74. The SMILES string of the molecule is CC(C)OC(=O)OC1(CCCCCCOCC2CCCCC2)CO1. The van der Waals surface area contributed by atoms with Crippen LogP contribution in [0.5, 0.6) is 0 Å². The number of rotatable bonds is 11. The van der Waals surface area contributed by atoms with Gasteiger partial charge in [-0.15, -0.1) is 0 Å². The summed E-state index contributed by atoms with van der Waals surface area (Å²) >= 11 is 0. The molecule has 0 aromatic carbocycles. The predicted molar refractivity (Wildman–Crippen MR) is 91.9 cm³/mol. The number of carbonyl (C=O) groups excluding carboxylic acids is 1. The standard InChI is InChI=1S/C19H34O5/c1-16(2)23-18(20)24-19(15-22-19)12-8-3-4-9-13-21-14-17-10-6-5-7-11-17/h16-17H,3-15H2,1-2H3. The molecule has 1 heterocycles. The van der Waals surface area contributed by atoms with Crippen molar-refractivity contribution in [1.82, 2.24) is 0 Å². The first kappa shape index (κ1) is 19.5. The first-order valence-corrected chi connectivity index (χ1v) is 9.71. The van der Waals surface area contributed by atoms with E-state index in [1.165, 1.54) is 32.1 Å². The quantitative estimate of drug-likeness (QED) is 0.306. The van der Waals surface area contributed by atoms with E-state index in [1.54, 1.807) is 13.8 Å². The van der Waals surface area contributed by atoms with Crippen molar-refractivity contribution in [1.29, 1.82) is 0 Å². The lowest BCUT2D eigenvalue weighted by molar-refractivity contribution is -0.0486. The molecule has 1 aliphatic carbocycles. The lowest BCUT2D eigenvalue weighted by Crippen LogP contribution is -2.24.